The molecule has 0 saturated carbocycles. The van der Waals surface area contributed by atoms with Gasteiger partial charge in [0.1, 0.15) is 0 Å². The van der Waals surface area contributed by atoms with Gasteiger partial charge in [0.2, 0.25) is 11.8 Å². The van der Waals surface area contributed by atoms with Crippen LogP contribution in [-0.2, 0) is 9.59 Å². The van der Waals surface area contributed by atoms with Crippen LogP contribution < -0.4 is 10.6 Å². The molecular formula is C21H21F3N2O2. The van der Waals surface area contributed by atoms with Gasteiger partial charge in [-0.3, -0.25) is 9.59 Å². The lowest BCUT2D eigenvalue weighted by Gasteiger charge is -2.18. The molecule has 148 valence electrons. The number of allylic oxidation sites excluding steroid dienone is 1. The van der Waals surface area contributed by atoms with Crippen molar-refractivity contribution in [3.05, 3.63) is 66.2 Å². The zero-order valence-corrected chi connectivity index (χ0v) is 15.7. The Morgan fingerprint density at radius 1 is 0.857 bits per heavy atom. The van der Waals surface area contributed by atoms with Crippen molar-refractivity contribution >= 4 is 28.8 Å². The molecule has 7 heteroatoms. The van der Waals surface area contributed by atoms with Crippen molar-refractivity contribution in [1.82, 2.24) is 0 Å². The topological polar surface area (TPSA) is 58.2 Å². The maximum absolute atomic E-state index is 13.3. The molecule has 0 radical (unpaired) electrons. The molecule has 0 aliphatic heterocycles. The first-order valence-electron chi connectivity index (χ1n) is 8.53. The van der Waals surface area contributed by atoms with Crippen LogP contribution >= 0.6 is 0 Å². The van der Waals surface area contributed by atoms with E-state index in [4.69, 9.17) is 0 Å². The molecule has 0 fully saturated rings. The fourth-order valence-corrected chi connectivity index (χ4v) is 2.25. The predicted octanol–water partition coefficient (Wildman–Crippen LogP) is 5.26. The van der Waals surface area contributed by atoms with E-state index in [1.807, 2.05) is 0 Å². The second-order valence-corrected chi connectivity index (χ2v) is 7.20. The van der Waals surface area contributed by atoms with Crippen LogP contribution in [0.5, 0.6) is 0 Å². The monoisotopic (exact) mass is 390 g/mol. The highest BCUT2D eigenvalue weighted by Crippen LogP contribution is 2.33. The van der Waals surface area contributed by atoms with Crippen molar-refractivity contribution in [2.75, 3.05) is 10.6 Å². The van der Waals surface area contributed by atoms with E-state index in [0.717, 1.165) is 0 Å². The highest BCUT2D eigenvalue weighted by atomic mass is 19.4. The Morgan fingerprint density at radius 2 is 1.43 bits per heavy atom. The summed E-state index contributed by atoms with van der Waals surface area (Å²) in [6.45, 7) is 5.25. The van der Waals surface area contributed by atoms with Gasteiger partial charge in [-0.2, -0.15) is 13.2 Å². The summed E-state index contributed by atoms with van der Waals surface area (Å²) in [5, 5.41) is 5.10. The maximum atomic E-state index is 13.3. The van der Waals surface area contributed by atoms with Gasteiger partial charge in [-0.05, 0) is 23.8 Å². The first kappa shape index (κ1) is 21.2. The number of carbonyl (C=O) groups is 2. The van der Waals surface area contributed by atoms with E-state index in [9.17, 15) is 22.8 Å². The van der Waals surface area contributed by atoms with E-state index in [1.165, 1.54) is 36.4 Å². The normalized spacial score (nSPS) is 12.4. The van der Waals surface area contributed by atoms with Crippen LogP contribution in [0, 0.1) is 5.41 Å². The molecule has 0 atom stereocenters. The number of carbonyl (C=O) groups excluding carboxylic acids is 2. The van der Waals surface area contributed by atoms with Crippen LogP contribution in [0.2, 0.25) is 0 Å². The molecule has 0 aliphatic rings. The van der Waals surface area contributed by atoms with E-state index in [1.54, 1.807) is 39.0 Å². The molecule has 28 heavy (non-hydrogen) atoms. The summed E-state index contributed by atoms with van der Waals surface area (Å²) < 4.78 is 40.0. The van der Waals surface area contributed by atoms with Crippen molar-refractivity contribution in [2.24, 2.45) is 5.41 Å². The van der Waals surface area contributed by atoms with Gasteiger partial charge in [-0.15, -0.1) is 0 Å². The van der Waals surface area contributed by atoms with Gasteiger partial charge in [0, 0.05) is 22.9 Å². The molecule has 0 saturated heterocycles. The lowest BCUT2D eigenvalue weighted by molar-refractivity contribution is -0.123. The number of halogens is 3. The second-order valence-electron chi connectivity index (χ2n) is 7.20. The SMILES string of the molecule is CC(C)(C)C(=O)Nc1cccc(NC(=O)/C=C(/c2ccccc2)C(F)(F)F)c1. The maximum Gasteiger partial charge on any atom is 0.417 e. The largest absolute Gasteiger partial charge is 0.417 e. The minimum absolute atomic E-state index is 0.101. The van der Waals surface area contributed by atoms with Gasteiger partial charge in [0.25, 0.3) is 0 Å². The average molecular weight is 390 g/mol. The van der Waals surface area contributed by atoms with Crippen molar-refractivity contribution < 1.29 is 22.8 Å². The zero-order valence-electron chi connectivity index (χ0n) is 15.7. The van der Waals surface area contributed by atoms with Gasteiger partial charge in [-0.25, -0.2) is 0 Å². The molecule has 0 unspecified atom stereocenters. The minimum atomic E-state index is -4.68. The van der Waals surface area contributed by atoms with Crippen LogP contribution in [0.15, 0.2) is 60.7 Å². The first-order chi connectivity index (χ1) is 13.0. The average Bonchev–Trinajstić information content (AvgIpc) is 2.59. The van der Waals surface area contributed by atoms with Crippen LogP contribution in [0.25, 0.3) is 5.57 Å². The van der Waals surface area contributed by atoms with E-state index >= 15 is 0 Å². The summed E-state index contributed by atoms with van der Waals surface area (Å²) in [6, 6.07) is 13.3. The Kier molecular flexibility index (Phi) is 6.28. The van der Waals surface area contributed by atoms with E-state index < -0.39 is 23.1 Å². The fraction of sp³-hybridized carbons (Fsp3) is 0.238. The van der Waals surface area contributed by atoms with Crippen LogP contribution in [0.4, 0.5) is 24.5 Å². The lowest BCUT2D eigenvalue weighted by Crippen LogP contribution is -2.27. The molecule has 2 rings (SSSR count). The number of alkyl halides is 3. The molecule has 2 amide bonds. The van der Waals surface area contributed by atoms with Crippen molar-refractivity contribution in [1.29, 1.82) is 0 Å². The lowest BCUT2D eigenvalue weighted by atomic mass is 9.95. The molecular weight excluding hydrogens is 369 g/mol. The number of benzene rings is 2. The van der Waals surface area contributed by atoms with E-state index in [-0.39, 0.29) is 17.2 Å². The smallest absolute Gasteiger partial charge is 0.326 e. The third-order valence-corrected chi connectivity index (χ3v) is 3.73. The molecule has 2 aromatic carbocycles. The van der Waals surface area contributed by atoms with Gasteiger partial charge >= 0.3 is 6.18 Å². The summed E-state index contributed by atoms with van der Waals surface area (Å²) in [7, 11) is 0. The van der Waals surface area contributed by atoms with Crippen molar-refractivity contribution in [2.45, 2.75) is 26.9 Å². The highest BCUT2D eigenvalue weighted by molar-refractivity contribution is 6.05. The van der Waals surface area contributed by atoms with Gasteiger partial charge in [0.15, 0.2) is 0 Å². The number of rotatable bonds is 4. The molecule has 2 N–H and O–H groups in total. The quantitative estimate of drug-likeness (QED) is 0.700. The Labute approximate surface area is 161 Å². The molecule has 0 aromatic heterocycles. The third kappa shape index (κ3) is 5.97. The number of hydrogen-bond acceptors (Lipinski definition) is 2. The summed E-state index contributed by atoms with van der Waals surface area (Å²) in [5.41, 5.74) is -1.05. The summed E-state index contributed by atoms with van der Waals surface area (Å²) in [4.78, 5) is 24.2. The van der Waals surface area contributed by atoms with Crippen LogP contribution in [0.1, 0.15) is 26.3 Å². The first-order valence-corrected chi connectivity index (χ1v) is 8.53. The van der Waals surface area contributed by atoms with Crippen molar-refractivity contribution in [3.63, 3.8) is 0 Å². The third-order valence-electron chi connectivity index (χ3n) is 3.73. The second kappa shape index (κ2) is 8.29. The number of anilines is 2. The highest BCUT2D eigenvalue weighted by Gasteiger charge is 2.35. The predicted molar refractivity (Wildman–Crippen MR) is 104 cm³/mol. The Morgan fingerprint density at radius 3 is 1.96 bits per heavy atom. The van der Waals surface area contributed by atoms with Crippen molar-refractivity contribution in [3.8, 4) is 0 Å². The van der Waals surface area contributed by atoms with Gasteiger partial charge in [-0.1, -0.05) is 57.2 Å². The zero-order chi connectivity index (χ0) is 20.9. The molecule has 0 aliphatic carbocycles. The van der Waals surface area contributed by atoms with Gasteiger partial charge < -0.3 is 10.6 Å². The summed E-state index contributed by atoms with van der Waals surface area (Å²) in [6.07, 6.45) is -4.16. The molecule has 0 heterocycles. The number of nitrogens with one attached hydrogen (secondary N) is 2. The minimum Gasteiger partial charge on any atom is -0.326 e. The van der Waals surface area contributed by atoms with E-state index in [0.29, 0.717) is 11.8 Å². The standard InChI is InChI=1S/C21H21F3N2O2/c1-20(2,3)19(28)26-16-11-7-10-15(12-16)25-18(27)13-17(21(22,23)24)14-8-5-4-6-9-14/h4-13H,1-3H3,(H,25,27)(H,26,28)/b17-13-. The Balaban J connectivity index is 2.21. The molecule has 0 spiro atoms. The fourth-order valence-electron chi connectivity index (χ4n) is 2.25. The van der Waals surface area contributed by atoms with Gasteiger partial charge in [0.05, 0.1) is 5.57 Å². The molecule has 0 bridgehead atoms. The van der Waals surface area contributed by atoms with Crippen LogP contribution in [-0.4, -0.2) is 18.0 Å². The van der Waals surface area contributed by atoms with E-state index in [2.05, 4.69) is 10.6 Å². The molecule has 2 aromatic rings. The summed E-state index contributed by atoms with van der Waals surface area (Å²) in [5.74, 6) is -1.14. The Hall–Kier alpha value is -3.09. The Bertz CT molecular complexity index is 883. The number of hydrogen-bond donors (Lipinski definition) is 2. The molecule has 4 nitrogen and oxygen atoms in total. The van der Waals surface area contributed by atoms with Crippen LogP contribution in [0.3, 0.4) is 0 Å². The number of amides is 2. The summed E-state index contributed by atoms with van der Waals surface area (Å²) >= 11 is 0.